The van der Waals surface area contributed by atoms with Gasteiger partial charge in [0.15, 0.2) is 0 Å². The second-order valence-electron chi connectivity index (χ2n) is 6.63. The Morgan fingerprint density at radius 1 is 1.23 bits per heavy atom. The number of likely N-dealkylation sites (N-methyl/N-ethyl adjacent to an activating group) is 1. The Balaban J connectivity index is 1.81. The average Bonchev–Trinajstić information content (AvgIpc) is 2.63. The normalized spacial score (nSPS) is 14.8. The molecule has 6 nitrogen and oxygen atoms in total. The van der Waals surface area contributed by atoms with Crippen molar-refractivity contribution in [3.05, 3.63) is 29.3 Å². The van der Waals surface area contributed by atoms with Crippen LogP contribution in [-0.2, 0) is 14.4 Å². The summed E-state index contributed by atoms with van der Waals surface area (Å²) >= 11 is 6.02. The highest BCUT2D eigenvalue weighted by molar-refractivity contribution is 6.33. The number of halogens is 1. The van der Waals surface area contributed by atoms with Crippen LogP contribution in [0.25, 0.3) is 0 Å². The van der Waals surface area contributed by atoms with Crippen LogP contribution in [0.5, 0.6) is 0 Å². The topological polar surface area (TPSA) is 69.7 Å². The summed E-state index contributed by atoms with van der Waals surface area (Å²) in [6.45, 7) is 3.17. The van der Waals surface area contributed by atoms with Crippen LogP contribution < -0.4 is 5.32 Å². The molecule has 0 bridgehead atoms. The SMILES string of the molecule is CCCC(=O)N1CCC(C(=O)N(C)CC(=O)Nc2ccccc2Cl)CC1. The van der Waals surface area contributed by atoms with Gasteiger partial charge < -0.3 is 15.1 Å². The predicted molar refractivity (Wildman–Crippen MR) is 102 cm³/mol. The van der Waals surface area contributed by atoms with Crippen molar-refractivity contribution in [1.29, 1.82) is 0 Å². The Hall–Kier alpha value is -2.08. The molecule has 0 aromatic heterocycles. The second kappa shape index (κ2) is 9.57. The van der Waals surface area contributed by atoms with Gasteiger partial charge in [0, 0.05) is 32.5 Å². The average molecular weight is 380 g/mol. The minimum atomic E-state index is -0.287. The fourth-order valence-electron chi connectivity index (χ4n) is 3.11. The molecule has 1 fully saturated rings. The first-order valence-electron chi connectivity index (χ1n) is 8.99. The molecule has 0 aliphatic carbocycles. The van der Waals surface area contributed by atoms with Crippen molar-refractivity contribution in [3.8, 4) is 0 Å². The lowest BCUT2D eigenvalue weighted by Crippen LogP contribution is -2.45. The summed E-state index contributed by atoms with van der Waals surface area (Å²) < 4.78 is 0. The third-order valence-electron chi connectivity index (χ3n) is 4.57. The third-order valence-corrected chi connectivity index (χ3v) is 4.90. The van der Waals surface area contributed by atoms with Crippen molar-refractivity contribution >= 4 is 35.0 Å². The van der Waals surface area contributed by atoms with E-state index < -0.39 is 0 Å². The van der Waals surface area contributed by atoms with E-state index in [0.29, 0.717) is 43.1 Å². The molecular formula is C19H26ClN3O3. The molecule has 1 aromatic carbocycles. The molecule has 0 unspecified atom stereocenters. The Bertz CT molecular complexity index is 657. The number of amides is 3. The van der Waals surface area contributed by atoms with Crippen LogP contribution in [0.2, 0.25) is 5.02 Å². The highest BCUT2D eigenvalue weighted by Crippen LogP contribution is 2.22. The molecule has 1 aliphatic rings. The van der Waals surface area contributed by atoms with Crippen molar-refractivity contribution in [2.75, 3.05) is 32.0 Å². The number of likely N-dealkylation sites (tertiary alicyclic amines) is 1. The number of carbonyl (C=O) groups excluding carboxylic acids is 3. The number of piperidine rings is 1. The molecule has 0 atom stereocenters. The van der Waals surface area contributed by atoms with Crippen LogP contribution in [-0.4, -0.2) is 54.2 Å². The van der Waals surface area contributed by atoms with E-state index in [1.54, 1.807) is 31.3 Å². The Labute approximate surface area is 159 Å². The fraction of sp³-hybridized carbons (Fsp3) is 0.526. The molecule has 1 saturated heterocycles. The maximum absolute atomic E-state index is 12.6. The molecule has 1 aliphatic heterocycles. The minimum absolute atomic E-state index is 0.0287. The quantitative estimate of drug-likeness (QED) is 0.826. The van der Waals surface area contributed by atoms with Crippen LogP contribution in [0.3, 0.4) is 0 Å². The highest BCUT2D eigenvalue weighted by atomic mass is 35.5. The van der Waals surface area contributed by atoms with Gasteiger partial charge in [0.25, 0.3) is 0 Å². The van der Waals surface area contributed by atoms with Gasteiger partial charge in [-0.2, -0.15) is 0 Å². The minimum Gasteiger partial charge on any atom is -0.343 e. The predicted octanol–water partition coefficient (Wildman–Crippen LogP) is 2.78. The number of hydrogen-bond acceptors (Lipinski definition) is 3. The van der Waals surface area contributed by atoms with E-state index in [1.807, 2.05) is 11.8 Å². The van der Waals surface area contributed by atoms with Crippen LogP contribution >= 0.6 is 11.6 Å². The van der Waals surface area contributed by atoms with Gasteiger partial charge in [-0.3, -0.25) is 14.4 Å². The van der Waals surface area contributed by atoms with Gasteiger partial charge in [-0.25, -0.2) is 0 Å². The Kier molecular flexibility index (Phi) is 7.45. The number of hydrogen-bond donors (Lipinski definition) is 1. The molecule has 0 spiro atoms. The van der Waals surface area contributed by atoms with Crippen LogP contribution in [0.1, 0.15) is 32.6 Å². The number of benzene rings is 1. The molecule has 1 N–H and O–H groups in total. The van der Waals surface area contributed by atoms with Gasteiger partial charge in [-0.1, -0.05) is 30.7 Å². The maximum atomic E-state index is 12.6. The zero-order valence-electron chi connectivity index (χ0n) is 15.3. The van der Waals surface area contributed by atoms with Gasteiger partial charge in [0.05, 0.1) is 17.3 Å². The van der Waals surface area contributed by atoms with Gasteiger partial charge >= 0.3 is 0 Å². The number of carbonyl (C=O) groups is 3. The molecule has 0 radical (unpaired) electrons. The fourth-order valence-corrected chi connectivity index (χ4v) is 3.29. The van der Waals surface area contributed by atoms with E-state index in [9.17, 15) is 14.4 Å². The maximum Gasteiger partial charge on any atom is 0.244 e. The van der Waals surface area contributed by atoms with Gasteiger partial charge in [-0.15, -0.1) is 0 Å². The summed E-state index contributed by atoms with van der Waals surface area (Å²) in [6, 6.07) is 6.97. The number of nitrogens with one attached hydrogen (secondary N) is 1. The zero-order valence-corrected chi connectivity index (χ0v) is 16.1. The van der Waals surface area contributed by atoms with E-state index in [2.05, 4.69) is 5.32 Å². The monoisotopic (exact) mass is 379 g/mol. The number of nitrogens with zero attached hydrogens (tertiary/aromatic N) is 2. The Morgan fingerprint density at radius 2 is 1.88 bits per heavy atom. The number of rotatable bonds is 6. The summed E-state index contributed by atoms with van der Waals surface area (Å²) in [5.41, 5.74) is 0.530. The first kappa shape index (κ1) is 20.2. The largest absolute Gasteiger partial charge is 0.343 e. The van der Waals surface area contributed by atoms with E-state index >= 15 is 0 Å². The lowest BCUT2D eigenvalue weighted by Gasteiger charge is -2.33. The van der Waals surface area contributed by atoms with E-state index in [0.717, 1.165) is 6.42 Å². The second-order valence-corrected chi connectivity index (χ2v) is 7.03. The van der Waals surface area contributed by atoms with Crippen molar-refractivity contribution in [1.82, 2.24) is 9.80 Å². The summed E-state index contributed by atoms with van der Waals surface area (Å²) in [5.74, 6) is -0.323. The molecule has 26 heavy (non-hydrogen) atoms. The summed E-state index contributed by atoms with van der Waals surface area (Å²) in [6.07, 6.45) is 2.68. The van der Waals surface area contributed by atoms with Crippen molar-refractivity contribution in [2.45, 2.75) is 32.6 Å². The smallest absolute Gasteiger partial charge is 0.244 e. The van der Waals surface area contributed by atoms with Crippen molar-refractivity contribution in [3.63, 3.8) is 0 Å². The lowest BCUT2D eigenvalue weighted by molar-refractivity contribution is -0.141. The standard InChI is InChI=1S/C19H26ClN3O3/c1-3-6-18(25)23-11-9-14(10-12-23)19(26)22(2)13-17(24)21-16-8-5-4-7-15(16)20/h4-5,7-8,14H,3,6,9-13H2,1-2H3,(H,21,24). The molecule has 3 amide bonds. The number of anilines is 1. The van der Waals surface area contributed by atoms with E-state index in [1.165, 1.54) is 4.90 Å². The summed E-state index contributed by atoms with van der Waals surface area (Å²) in [5, 5.41) is 3.17. The summed E-state index contributed by atoms with van der Waals surface area (Å²) in [7, 11) is 1.63. The van der Waals surface area contributed by atoms with Gasteiger partial charge in [0.2, 0.25) is 17.7 Å². The van der Waals surface area contributed by atoms with E-state index in [-0.39, 0.29) is 30.2 Å². The Morgan fingerprint density at radius 3 is 2.50 bits per heavy atom. The van der Waals surface area contributed by atoms with Gasteiger partial charge in [0.1, 0.15) is 0 Å². The van der Waals surface area contributed by atoms with Crippen molar-refractivity contribution < 1.29 is 14.4 Å². The van der Waals surface area contributed by atoms with Gasteiger partial charge in [-0.05, 0) is 31.4 Å². The molecule has 142 valence electrons. The molecule has 2 rings (SSSR count). The molecule has 1 aromatic rings. The number of para-hydroxylation sites is 1. The first-order chi connectivity index (χ1) is 12.4. The summed E-state index contributed by atoms with van der Waals surface area (Å²) in [4.78, 5) is 39.9. The molecular weight excluding hydrogens is 354 g/mol. The lowest BCUT2D eigenvalue weighted by atomic mass is 9.95. The van der Waals surface area contributed by atoms with Crippen LogP contribution in [0.15, 0.2) is 24.3 Å². The molecule has 1 heterocycles. The zero-order chi connectivity index (χ0) is 19.1. The molecule has 0 saturated carbocycles. The highest BCUT2D eigenvalue weighted by Gasteiger charge is 2.29. The molecule has 7 heteroatoms. The first-order valence-corrected chi connectivity index (χ1v) is 9.37. The van der Waals surface area contributed by atoms with Crippen molar-refractivity contribution in [2.24, 2.45) is 5.92 Å². The third kappa shape index (κ3) is 5.46. The van der Waals surface area contributed by atoms with Crippen LogP contribution in [0, 0.1) is 5.92 Å². The van der Waals surface area contributed by atoms with Crippen LogP contribution in [0.4, 0.5) is 5.69 Å². The van der Waals surface area contributed by atoms with E-state index in [4.69, 9.17) is 11.6 Å².